The van der Waals surface area contributed by atoms with E-state index in [0.29, 0.717) is 43.1 Å². The van der Waals surface area contributed by atoms with Crippen molar-refractivity contribution in [3.05, 3.63) is 44.4 Å². The molecule has 0 amide bonds. The van der Waals surface area contributed by atoms with Crippen LogP contribution < -0.4 is 9.47 Å². The molecule has 0 fully saturated rings. The molecule has 0 aliphatic carbocycles. The van der Waals surface area contributed by atoms with Gasteiger partial charge in [-0.05, 0) is 12.1 Å². The van der Waals surface area contributed by atoms with Crippen molar-refractivity contribution < 1.29 is 9.47 Å². The second kappa shape index (κ2) is 4.39. The number of hydrogen-bond donors (Lipinski definition) is 0. The number of ether oxygens (including phenoxy) is 2. The number of hydrogen-bond acceptors (Lipinski definition) is 2. The van der Waals surface area contributed by atoms with E-state index in [2.05, 4.69) is 0 Å². The Morgan fingerprint density at radius 2 is 1.00 bits per heavy atom. The first kappa shape index (κ1) is 12.2. The molecule has 3 rings (SSSR count). The molecule has 0 unspecified atom stereocenters. The van der Waals surface area contributed by atoms with Gasteiger partial charge in [0.1, 0.15) is 0 Å². The van der Waals surface area contributed by atoms with Crippen molar-refractivity contribution in [3.8, 4) is 23.0 Å². The molecule has 0 aromatic heterocycles. The molecule has 0 radical (unpaired) electrons. The van der Waals surface area contributed by atoms with Gasteiger partial charge in [-0.25, -0.2) is 0 Å². The van der Waals surface area contributed by atoms with E-state index in [1.807, 2.05) is 0 Å². The van der Waals surface area contributed by atoms with Crippen LogP contribution >= 0.6 is 46.4 Å². The maximum absolute atomic E-state index is 6.04. The Balaban J connectivity index is 2.18. The van der Waals surface area contributed by atoms with Crippen LogP contribution in [0.5, 0.6) is 23.0 Å². The molecule has 1 aliphatic heterocycles. The Labute approximate surface area is 123 Å². The Morgan fingerprint density at radius 1 is 0.611 bits per heavy atom. The lowest BCUT2D eigenvalue weighted by molar-refractivity contribution is 0.360. The van der Waals surface area contributed by atoms with Crippen LogP contribution in [-0.4, -0.2) is 0 Å². The smallest absolute Gasteiger partial charge is 0.188 e. The molecule has 2 nitrogen and oxygen atoms in total. The van der Waals surface area contributed by atoms with E-state index >= 15 is 0 Å². The minimum atomic E-state index is 0.360. The summed E-state index contributed by atoms with van der Waals surface area (Å²) in [6.45, 7) is 0. The summed E-state index contributed by atoms with van der Waals surface area (Å²) in [6, 6.07) is 6.36. The van der Waals surface area contributed by atoms with E-state index in [1.165, 1.54) is 0 Å². The van der Waals surface area contributed by atoms with Crippen molar-refractivity contribution in [2.24, 2.45) is 0 Å². The van der Waals surface area contributed by atoms with Crippen LogP contribution in [0.3, 0.4) is 0 Å². The number of benzene rings is 2. The van der Waals surface area contributed by atoms with Crippen LogP contribution in [0.1, 0.15) is 0 Å². The van der Waals surface area contributed by atoms with Crippen molar-refractivity contribution in [2.45, 2.75) is 0 Å². The van der Waals surface area contributed by atoms with E-state index in [0.717, 1.165) is 0 Å². The molecule has 0 saturated carbocycles. The molecule has 1 heterocycles. The van der Waals surface area contributed by atoms with Gasteiger partial charge in [-0.1, -0.05) is 46.4 Å². The number of halogens is 4. The van der Waals surface area contributed by atoms with Gasteiger partial charge in [-0.2, -0.15) is 0 Å². The predicted molar refractivity (Wildman–Crippen MR) is 73.1 cm³/mol. The summed E-state index contributed by atoms with van der Waals surface area (Å²) in [4.78, 5) is 0. The summed E-state index contributed by atoms with van der Waals surface area (Å²) in [6.07, 6.45) is 0. The maximum Gasteiger partial charge on any atom is 0.188 e. The zero-order chi connectivity index (χ0) is 12.9. The van der Waals surface area contributed by atoms with Gasteiger partial charge in [0.2, 0.25) is 0 Å². The fraction of sp³-hybridized carbons (Fsp3) is 0. The van der Waals surface area contributed by atoms with Gasteiger partial charge < -0.3 is 9.47 Å². The fourth-order valence-electron chi connectivity index (χ4n) is 1.64. The maximum atomic E-state index is 6.04. The highest BCUT2D eigenvalue weighted by atomic mass is 35.5. The summed E-state index contributed by atoms with van der Waals surface area (Å²) >= 11 is 23.9. The Hall–Kier alpha value is -0.800. The third-order valence-corrected chi connectivity index (χ3v) is 3.37. The van der Waals surface area contributed by atoms with Crippen molar-refractivity contribution in [2.75, 3.05) is 0 Å². The summed E-state index contributed by atoms with van der Waals surface area (Å²) in [5.74, 6) is 1.63. The Bertz CT molecular complexity index is 598. The van der Waals surface area contributed by atoms with Gasteiger partial charge in [0.25, 0.3) is 0 Å². The molecule has 6 heteroatoms. The average Bonchev–Trinajstić information content (AvgIpc) is 2.27. The first-order valence-electron chi connectivity index (χ1n) is 4.88. The van der Waals surface area contributed by atoms with Gasteiger partial charge in [0.05, 0.1) is 10.0 Å². The highest BCUT2D eigenvalue weighted by Gasteiger charge is 2.24. The molecular weight excluding hydrogens is 330 g/mol. The monoisotopic (exact) mass is 332 g/mol. The zero-order valence-electron chi connectivity index (χ0n) is 8.64. The van der Waals surface area contributed by atoms with Gasteiger partial charge >= 0.3 is 0 Å². The van der Waals surface area contributed by atoms with Crippen LogP contribution in [0.25, 0.3) is 0 Å². The normalized spacial score (nSPS) is 12.2. The third kappa shape index (κ3) is 1.99. The van der Waals surface area contributed by atoms with Crippen LogP contribution in [0.2, 0.25) is 20.1 Å². The second-order valence-corrected chi connectivity index (χ2v) is 5.32. The van der Waals surface area contributed by atoms with Crippen molar-refractivity contribution in [3.63, 3.8) is 0 Å². The zero-order valence-corrected chi connectivity index (χ0v) is 11.7. The topological polar surface area (TPSA) is 18.5 Å². The van der Waals surface area contributed by atoms with Gasteiger partial charge in [-0.3, -0.25) is 0 Å². The van der Waals surface area contributed by atoms with Crippen LogP contribution in [0, 0.1) is 0 Å². The lowest BCUT2D eigenvalue weighted by Gasteiger charge is -2.22. The molecule has 92 valence electrons. The third-order valence-electron chi connectivity index (χ3n) is 2.37. The number of rotatable bonds is 0. The quantitative estimate of drug-likeness (QED) is 0.487. The summed E-state index contributed by atoms with van der Waals surface area (Å²) in [7, 11) is 0. The van der Waals surface area contributed by atoms with E-state index in [-0.39, 0.29) is 0 Å². The standard InChI is InChI=1S/C12H4Cl4O2/c13-5-1-7(15)11-9(3-5)18-12-8(16)2-6(14)4-10(12)17-11/h1-4H/i1+1,2+1,3+1,4+1,5+1,6+1,7+1,8+1,9+1,10+1,11+1,12+1. The molecule has 0 saturated heterocycles. The minimum absolute atomic E-state index is 0.360. The first-order chi connectivity index (χ1) is 8.54. The van der Waals surface area contributed by atoms with Crippen molar-refractivity contribution >= 4 is 46.4 Å². The van der Waals surface area contributed by atoms with E-state index in [9.17, 15) is 0 Å². The van der Waals surface area contributed by atoms with Crippen LogP contribution in [0.15, 0.2) is 24.3 Å². The van der Waals surface area contributed by atoms with Crippen LogP contribution in [-0.2, 0) is 0 Å². The van der Waals surface area contributed by atoms with Gasteiger partial charge in [0, 0.05) is 22.2 Å². The fourth-order valence-corrected chi connectivity index (χ4v) is 2.67. The molecule has 1 aliphatic rings. The van der Waals surface area contributed by atoms with Crippen LogP contribution in [0.4, 0.5) is 0 Å². The summed E-state index contributed by atoms with van der Waals surface area (Å²) in [5.41, 5.74) is 0. The lowest BCUT2D eigenvalue weighted by atomic mass is 11.2. The second-order valence-electron chi connectivity index (χ2n) is 3.63. The Kier molecular flexibility index (Phi) is 2.99. The van der Waals surface area contributed by atoms with E-state index in [1.54, 1.807) is 24.3 Å². The summed E-state index contributed by atoms with van der Waals surface area (Å²) < 4.78 is 11.3. The first-order valence-corrected chi connectivity index (χ1v) is 6.39. The minimum Gasteiger partial charge on any atom is -0.448 e. The molecule has 0 spiro atoms. The lowest BCUT2D eigenvalue weighted by Crippen LogP contribution is -2.00. The molecule has 2 aromatic rings. The molecular formula is C12H4Cl4O2. The average molecular weight is 334 g/mol. The molecule has 2 aromatic carbocycles. The largest absolute Gasteiger partial charge is 0.448 e. The highest BCUT2D eigenvalue weighted by Crippen LogP contribution is 2.52. The molecule has 0 bridgehead atoms. The summed E-state index contributed by atoms with van der Waals surface area (Å²) in [5, 5.41) is 1.63. The molecule has 0 N–H and O–H groups in total. The SMILES string of the molecule is Cl[13c]1[13cH][13c](Cl)[13c]2[13c]([13cH]1)O[13c]1[13c](Cl)[13cH][13c](Cl)[13cH][13c]1O2. The number of fused-ring (bicyclic) bond motifs is 2. The Morgan fingerprint density at radius 3 is 1.39 bits per heavy atom. The van der Waals surface area contributed by atoms with Crippen molar-refractivity contribution in [1.29, 1.82) is 0 Å². The van der Waals surface area contributed by atoms with Gasteiger partial charge in [-0.15, -0.1) is 0 Å². The van der Waals surface area contributed by atoms with Gasteiger partial charge in [0.15, 0.2) is 23.0 Å². The van der Waals surface area contributed by atoms with Crippen molar-refractivity contribution in [1.82, 2.24) is 0 Å². The van der Waals surface area contributed by atoms with E-state index < -0.39 is 0 Å². The highest BCUT2D eigenvalue weighted by molar-refractivity contribution is 6.37. The molecule has 0 atom stereocenters. The molecule has 18 heavy (non-hydrogen) atoms. The van der Waals surface area contributed by atoms with E-state index in [4.69, 9.17) is 55.9 Å². The predicted octanol–water partition coefficient (Wildman–Crippen LogP) is 6.20.